The van der Waals surface area contributed by atoms with Crippen LogP contribution in [0.25, 0.3) is 0 Å². The number of carbonyl (C=O) groups is 2. The molecule has 0 aliphatic carbocycles. The summed E-state index contributed by atoms with van der Waals surface area (Å²) in [7, 11) is 0. The summed E-state index contributed by atoms with van der Waals surface area (Å²) in [5.41, 5.74) is 1.24. The van der Waals surface area contributed by atoms with Crippen LogP contribution >= 0.6 is 0 Å². The van der Waals surface area contributed by atoms with Crippen molar-refractivity contribution in [2.24, 2.45) is 0 Å². The number of benzene rings is 1. The van der Waals surface area contributed by atoms with Crippen LogP contribution in [0.4, 0.5) is 0 Å². The van der Waals surface area contributed by atoms with Crippen molar-refractivity contribution >= 4 is 11.9 Å². The summed E-state index contributed by atoms with van der Waals surface area (Å²) in [5, 5.41) is 20.2. The SMILES string of the molecule is N#Cc1ccc(CNC(=O)c2cccc(C(=O)O)n2)cc1. The smallest absolute Gasteiger partial charge is 0.354 e. The van der Waals surface area contributed by atoms with Crippen LogP contribution < -0.4 is 5.32 Å². The number of nitrogens with zero attached hydrogens (tertiary/aromatic N) is 2. The molecule has 2 aromatic rings. The fraction of sp³-hybridized carbons (Fsp3) is 0.0667. The highest BCUT2D eigenvalue weighted by molar-refractivity contribution is 5.94. The van der Waals surface area contributed by atoms with Crippen LogP contribution in [-0.2, 0) is 6.54 Å². The molecule has 0 unspecified atom stereocenters. The molecule has 0 spiro atoms. The first-order valence-electron chi connectivity index (χ1n) is 6.08. The van der Waals surface area contributed by atoms with Gasteiger partial charge >= 0.3 is 5.97 Å². The van der Waals surface area contributed by atoms with Crippen LogP contribution in [0.1, 0.15) is 32.1 Å². The largest absolute Gasteiger partial charge is 0.477 e. The minimum Gasteiger partial charge on any atom is -0.477 e. The van der Waals surface area contributed by atoms with E-state index in [9.17, 15) is 9.59 Å². The third-order valence-corrected chi connectivity index (χ3v) is 2.74. The van der Waals surface area contributed by atoms with Gasteiger partial charge in [0.1, 0.15) is 11.4 Å². The van der Waals surface area contributed by atoms with Gasteiger partial charge in [0.25, 0.3) is 5.91 Å². The summed E-state index contributed by atoms with van der Waals surface area (Å²) in [6, 6.07) is 13.0. The first-order valence-corrected chi connectivity index (χ1v) is 6.08. The van der Waals surface area contributed by atoms with E-state index in [0.29, 0.717) is 5.56 Å². The van der Waals surface area contributed by atoms with Gasteiger partial charge in [-0.2, -0.15) is 5.26 Å². The van der Waals surface area contributed by atoms with Gasteiger partial charge in [0.15, 0.2) is 0 Å². The number of rotatable bonds is 4. The lowest BCUT2D eigenvalue weighted by atomic mass is 10.1. The average molecular weight is 281 g/mol. The molecule has 0 atom stereocenters. The highest BCUT2D eigenvalue weighted by Gasteiger charge is 2.10. The Kier molecular flexibility index (Phi) is 4.26. The number of aromatic nitrogens is 1. The molecule has 0 saturated carbocycles. The molecular weight excluding hydrogens is 270 g/mol. The van der Waals surface area contributed by atoms with E-state index in [1.165, 1.54) is 18.2 Å². The van der Waals surface area contributed by atoms with E-state index in [4.69, 9.17) is 10.4 Å². The summed E-state index contributed by atoms with van der Waals surface area (Å²) in [6.45, 7) is 0.267. The third kappa shape index (κ3) is 3.64. The predicted molar refractivity (Wildman–Crippen MR) is 73.5 cm³/mol. The van der Waals surface area contributed by atoms with Crippen molar-refractivity contribution in [1.82, 2.24) is 10.3 Å². The van der Waals surface area contributed by atoms with E-state index in [1.54, 1.807) is 24.3 Å². The normalized spacial score (nSPS) is 9.67. The van der Waals surface area contributed by atoms with Gasteiger partial charge in [-0.05, 0) is 29.8 Å². The molecule has 2 rings (SSSR count). The Bertz CT molecular complexity index is 718. The first kappa shape index (κ1) is 14.2. The van der Waals surface area contributed by atoms with Crippen LogP contribution in [0.3, 0.4) is 0 Å². The van der Waals surface area contributed by atoms with Gasteiger partial charge in [0.2, 0.25) is 0 Å². The van der Waals surface area contributed by atoms with Gasteiger partial charge in [-0.3, -0.25) is 4.79 Å². The van der Waals surface area contributed by atoms with Gasteiger partial charge in [0, 0.05) is 6.54 Å². The first-order chi connectivity index (χ1) is 10.1. The molecule has 0 aliphatic rings. The molecule has 6 heteroatoms. The second kappa shape index (κ2) is 6.30. The van der Waals surface area contributed by atoms with E-state index >= 15 is 0 Å². The van der Waals surface area contributed by atoms with Crippen LogP contribution in [0, 0.1) is 11.3 Å². The van der Waals surface area contributed by atoms with Crippen LogP contribution in [0.5, 0.6) is 0 Å². The maximum atomic E-state index is 11.9. The monoisotopic (exact) mass is 281 g/mol. The van der Waals surface area contributed by atoms with Crippen molar-refractivity contribution in [3.8, 4) is 6.07 Å². The van der Waals surface area contributed by atoms with Gasteiger partial charge in [-0.15, -0.1) is 0 Å². The molecule has 1 aromatic heterocycles. The number of hydrogen-bond donors (Lipinski definition) is 2. The average Bonchev–Trinajstić information content (AvgIpc) is 2.53. The molecule has 104 valence electrons. The Morgan fingerprint density at radius 3 is 2.43 bits per heavy atom. The predicted octanol–water partition coefficient (Wildman–Crippen LogP) is 1.58. The fourth-order valence-electron chi connectivity index (χ4n) is 1.65. The molecule has 1 amide bonds. The number of nitrogens with one attached hydrogen (secondary N) is 1. The molecule has 6 nitrogen and oxygen atoms in total. The van der Waals surface area contributed by atoms with Crippen molar-refractivity contribution in [2.45, 2.75) is 6.54 Å². The molecule has 21 heavy (non-hydrogen) atoms. The van der Waals surface area contributed by atoms with Gasteiger partial charge in [-0.1, -0.05) is 18.2 Å². The van der Waals surface area contributed by atoms with Crippen molar-refractivity contribution in [3.63, 3.8) is 0 Å². The number of amides is 1. The quantitative estimate of drug-likeness (QED) is 0.885. The summed E-state index contributed by atoms with van der Waals surface area (Å²) < 4.78 is 0. The molecule has 0 bridgehead atoms. The zero-order valence-corrected chi connectivity index (χ0v) is 10.9. The van der Waals surface area contributed by atoms with Crippen molar-refractivity contribution < 1.29 is 14.7 Å². The summed E-state index contributed by atoms with van der Waals surface area (Å²) in [4.78, 5) is 26.4. The molecular formula is C15H11N3O3. The Morgan fingerprint density at radius 1 is 1.14 bits per heavy atom. The molecule has 2 N–H and O–H groups in total. The molecule has 0 radical (unpaired) electrons. The van der Waals surface area contributed by atoms with Crippen LogP contribution in [-0.4, -0.2) is 22.0 Å². The minimum atomic E-state index is -1.18. The minimum absolute atomic E-state index is 0.0449. The van der Waals surface area contributed by atoms with E-state index < -0.39 is 11.9 Å². The molecule has 1 aromatic carbocycles. The summed E-state index contributed by atoms with van der Waals surface area (Å²) in [5.74, 6) is -1.64. The Hall–Kier alpha value is -3.20. The van der Waals surface area contributed by atoms with Crippen molar-refractivity contribution in [3.05, 3.63) is 65.0 Å². The molecule has 0 saturated heterocycles. The maximum Gasteiger partial charge on any atom is 0.354 e. The second-order valence-electron chi connectivity index (χ2n) is 4.20. The highest BCUT2D eigenvalue weighted by Crippen LogP contribution is 2.04. The number of carbonyl (C=O) groups excluding carboxylic acids is 1. The van der Waals surface area contributed by atoms with E-state index in [0.717, 1.165) is 5.56 Å². The van der Waals surface area contributed by atoms with Crippen LogP contribution in [0.15, 0.2) is 42.5 Å². The molecule has 0 fully saturated rings. The van der Waals surface area contributed by atoms with Gasteiger partial charge in [-0.25, -0.2) is 9.78 Å². The third-order valence-electron chi connectivity index (χ3n) is 2.74. The van der Waals surface area contributed by atoms with Crippen molar-refractivity contribution in [2.75, 3.05) is 0 Å². The number of aromatic carboxylic acids is 1. The van der Waals surface area contributed by atoms with E-state index in [1.807, 2.05) is 6.07 Å². The standard InChI is InChI=1S/C15H11N3O3/c16-8-10-4-6-11(7-5-10)9-17-14(19)12-2-1-3-13(18-12)15(20)21/h1-7H,9H2,(H,17,19)(H,20,21). The summed E-state index contributed by atoms with van der Waals surface area (Å²) in [6.07, 6.45) is 0. The van der Waals surface area contributed by atoms with Gasteiger partial charge in [0.05, 0.1) is 11.6 Å². The zero-order chi connectivity index (χ0) is 15.2. The Morgan fingerprint density at radius 2 is 1.81 bits per heavy atom. The number of carboxylic acid groups (broad SMARTS) is 1. The van der Waals surface area contributed by atoms with Crippen molar-refractivity contribution in [1.29, 1.82) is 5.26 Å². The molecule has 0 aliphatic heterocycles. The topological polar surface area (TPSA) is 103 Å². The van der Waals surface area contributed by atoms with E-state index in [2.05, 4.69) is 10.3 Å². The number of hydrogen-bond acceptors (Lipinski definition) is 4. The molecule has 1 heterocycles. The lowest BCUT2D eigenvalue weighted by Gasteiger charge is -2.05. The van der Waals surface area contributed by atoms with E-state index in [-0.39, 0.29) is 17.9 Å². The fourth-order valence-corrected chi connectivity index (χ4v) is 1.65. The number of pyridine rings is 1. The second-order valence-corrected chi connectivity index (χ2v) is 4.20. The highest BCUT2D eigenvalue weighted by atomic mass is 16.4. The lowest BCUT2D eigenvalue weighted by molar-refractivity contribution is 0.0690. The zero-order valence-electron chi connectivity index (χ0n) is 10.9. The number of nitriles is 1. The maximum absolute atomic E-state index is 11.9. The van der Waals surface area contributed by atoms with Crippen LogP contribution in [0.2, 0.25) is 0 Å². The van der Waals surface area contributed by atoms with Gasteiger partial charge < -0.3 is 10.4 Å². The Balaban J connectivity index is 2.02. The Labute approximate surface area is 120 Å². The lowest BCUT2D eigenvalue weighted by Crippen LogP contribution is -2.24. The summed E-state index contributed by atoms with van der Waals surface area (Å²) >= 11 is 0. The number of carboxylic acids is 1.